The van der Waals surface area contributed by atoms with Gasteiger partial charge in [0, 0.05) is 18.3 Å². The number of aromatic nitrogens is 2. The number of fused-ring (bicyclic) bond motifs is 3. The molecule has 1 aliphatic heterocycles. The van der Waals surface area contributed by atoms with Gasteiger partial charge in [-0.1, -0.05) is 29.8 Å². The average Bonchev–Trinajstić information content (AvgIpc) is 3.17. The summed E-state index contributed by atoms with van der Waals surface area (Å²) in [6, 6.07) is 13.3. The minimum absolute atomic E-state index is 0.0210. The van der Waals surface area contributed by atoms with Gasteiger partial charge in [0.15, 0.2) is 0 Å². The van der Waals surface area contributed by atoms with E-state index in [0.717, 1.165) is 16.0 Å². The van der Waals surface area contributed by atoms with Crippen LogP contribution >= 0.6 is 11.3 Å². The number of nitrogens with zero attached hydrogens (tertiary/aromatic N) is 3. The van der Waals surface area contributed by atoms with Crippen LogP contribution in [-0.4, -0.2) is 26.5 Å². The monoisotopic (exact) mass is 463 g/mol. The standard InChI is InChI=1S/C25H22FN3O3S/c1-15-6-8-19(9-7-15)29-23(31)22-20-10-11-27(16(2)30)14-21(20)33-24(22)28(25(29)32)13-17-4-3-5-18(26)12-17/h3-9,12H,10-11,13-14H2,1-2H3. The Hall–Kier alpha value is -3.52. The lowest BCUT2D eigenvalue weighted by Crippen LogP contribution is -2.39. The Labute approximate surface area is 193 Å². The molecule has 0 saturated carbocycles. The van der Waals surface area contributed by atoms with Gasteiger partial charge in [0.25, 0.3) is 5.56 Å². The fraction of sp³-hybridized carbons (Fsp3) is 0.240. The van der Waals surface area contributed by atoms with Gasteiger partial charge in [0.05, 0.1) is 24.2 Å². The quantitative estimate of drug-likeness (QED) is 0.466. The zero-order chi connectivity index (χ0) is 23.3. The second kappa shape index (κ2) is 8.12. The lowest BCUT2D eigenvalue weighted by atomic mass is 10.1. The number of carbonyl (C=O) groups is 1. The van der Waals surface area contributed by atoms with Crippen molar-refractivity contribution in [2.45, 2.75) is 33.4 Å². The Morgan fingerprint density at radius 1 is 1.12 bits per heavy atom. The van der Waals surface area contributed by atoms with Crippen LogP contribution in [0.2, 0.25) is 0 Å². The first kappa shape index (κ1) is 21.3. The molecular formula is C25H22FN3O3S. The van der Waals surface area contributed by atoms with Gasteiger partial charge in [-0.15, -0.1) is 11.3 Å². The Balaban J connectivity index is 1.79. The van der Waals surface area contributed by atoms with Crippen molar-refractivity contribution in [1.29, 1.82) is 0 Å². The predicted molar refractivity (Wildman–Crippen MR) is 127 cm³/mol. The summed E-state index contributed by atoms with van der Waals surface area (Å²) in [6.07, 6.45) is 0.552. The van der Waals surface area contributed by atoms with Gasteiger partial charge >= 0.3 is 5.69 Å². The molecular weight excluding hydrogens is 441 g/mol. The van der Waals surface area contributed by atoms with Gasteiger partial charge in [-0.25, -0.2) is 13.8 Å². The zero-order valence-corrected chi connectivity index (χ0v) is 19.1. The van der Waals surface area contributed by atoms with Gasteiger partial charge in [0.1, 0.15) is 10.6 Å². The highest BCUT2D eigenvalue weighted by molar-refractivity contribution is 7.18. The summed E-state index contributed by atoms with van der Waals surface area (Å²) < 4.78 is 16.6. The summed E-state index contributed by atoms with van der Waals surface area (Å²) in [6.45, 7) is 4.55. The molecule has 2 aromatic carbocycles. The Morgan fingerprint density at radius 2 is 1.88 bits per heavy atom. The van der Waals surface area contributed by atoms with Crippen molar-refractivity contribution in [1.82, 2.24) is 14.0 Å². The van der Waals surface area contributed by atoms with Crippen LogP contribution in [0.25, 0.3) is 15.9 Å². The van der Waals surface area contributed by atoms with E-state index >= 15 is 0 Å². The van der Waals surface area contributed by atoms with Crippen molar-refractivity contribution in [2.24, 2.45) is 0 Å². The number of hydrogen-bond acceptors (Lipinski definition) is 4. The molecule has 168 valence electrons. The van der Waals surface area contributed by atoms with E-state index in [4.69, 9.17) is 0 Å². The molecule has 6 nitrogen and oxygen atoms in total. The minimum Gasteiger partial charge on any atom is -0.337 e. The van der Waals surface area contributed by atoms with Gasteiger partial charge in [-0.2, -0.15) is 0 Å². The highest BCUT2D eigenvalue weighted by Crippen LogP contribution is 2.33. The van der Waals surface area contributed by atoms with Gasteiger partial charge in [0.2, 0.25) is 5.91 Å². The number of aryl methyl sites for hydroxylation is 1. The maximum Gasteiger partial charge on any atom is 0.337 e. The third kappa shape index (κ3) is 3.70. The van der Waals surface area contributed by atoms with Gasteiger partial charge in [-0.3, -0.25) is 14.2 Å². The normalized spacial score (nSPS) is 13.4. The first-order valence-electron chi connectivity index (χ1n) is 10.7. The van der Waals surface area contributed by atoms with Crippen LogP contribution in [0.3, 0.4) is 0 Å². The molecule has 0 atom stereocenters. The third-order valence-corrected chi connectivity index (χ3v) is 7.33. The SMILES string of the molecule is CC(=O)N1CCc2c(sc3c2c(=O)n(-c2ccc(C)cc2)c(=O)n3Cc2cccc(F)c2)C1. The molecule has 1 amide bonds. The molecule has 1 aliphatic rings. The summed E-state index contributed by atoms with van der Waals surface area (Å²) in [7, 11) is 0. The third-order valence-electron chi connectivity index (χ3n) is 6.09. The largest absolute Gasteiger partial charge is 0.337 e. The Bertz CT molecular complexity index is 1520. The molecule has 8 heteroatoms. The number of thiophene rings is 1. The predicted octanol–water partition coefficient (Wildman–Crippen LogP) is 3.61. The van der Waals surface area contributed by atoms with Crippen LogP contribution in [0.15, 0.2) is 58.1 Å². The first-order valence-corrected chi connectivity index (χ1v) is 11.5. The summed E-state index contributed by atoms with van der Waals surface area (Å²) in [5, 5.41) is 0.509. The summed E-state index contributed by atoms with van der Waals surface area (Å²) in [5.74, 6) is -0.404. The van der Waals surface area contributed by atoms with E-state index in [1.807, 2.05) is 19.1 Å². The van der Waals surface area contributed by atoms with Gasteiger partial charge < -0.3 is 4.90 Å². The topological polar surface area (TPSA) is 64.3 Å². The highest BCUT2D eigenvalue weighted by atomic mass is 32.1. The van der Waals surface area contributed by atoms with Crippen LogP contribution in [0.1, 0.15) is 28.5 Å². The van der Waals surface area contributed by atoms with Crippen LogP contribution in [-0.2, 0) is 24.3 Å². The zero-order valence-electron chi connectivity index (χ0n) is 18.3. The molecule has 4 aromatic rings. The van der Waals surface area contributed by atoms with E-state index in [-0.39, 0.29) is 23.8 Å². The summed E-state index contributed by atoms with van der Waals surface area (Å²) >= 11 is 1.37. The second-order valence-corrected chi connectivity index (χ2v) is 9.43. The van der Waals surface area contributed by atoms with Crippen molar-refractivity contribution in [3.05, 3.63) is 96.8 Å². The molecule has 0 aliphatic carbocycles. The van der Waals surface area contributed by atoms with Crippen molar-refractivity contribution in [2.75, 3.05) is 6.54 Å². The second-order valence-electron chi connectivity index (χ2n) is 8.35. The average molecular weight is 464 g/mol. The van der Waals surface area contributed by atoms with Crippen LogP contribution in [0.4, 0.5) is 4.39 Å². The van der Waals surface area contributed by atoms with Crippen LogP contribution in [0, 0.1) is 12.7 Å². The van der Waals surface area contributed by atoms with Crippen molar-refractivity contribution < 1.29 is 9.18 Å². The summed E-state index contributed by atoms with van der Waals surface area (Å²) in [4.78, 5) is 42.4. The number of hydrogen-bond donors (Lipinski definition) is 0. The maximum absolute atomic E-state index is 13.9. The number of halogens is 1. The number of carbonyl (C=O) groups excluding carboxylic acids is 1. The Morgan fingerprint density at radius 3 is 2.58 bits per heavy atom. The fourth-order valence-electron chi connectivity index (χ4n) is 4.35. The molecule has 0 N–H and O–H groups in total. The molecule has 0 bridgehead atoms. The molecule has 2 aromatic heterocycles. The highest BCUT2D eigenvalue weighted by Gasteiger charge is 2.27. The smallest absolute Gasteiger partial charge is 0.337 e. The van der Waals surface area contributed by atoms with Crippen LogP contribution < -0.4 is 11.2 Å². The molecule has 0 unspecified atom stereocenters. The molecule has 5 rings (SSSR count). The van der Waals surface area contributed by atoms with E-state index in [0.29, 0.717) is 41.0 Å². The van der Waals surface area contributed by atoms with Crippen molar-refractivity contribution >= 4 is 27.5 Å². The molecule has 0 radical (unpaired) electrons. The van der Waals surface area contributed by atoms with Crippen LogP contribution in [0.5, 0.6) is 0 Å². The van der Waals surface area contributed by atoms with Crippen molar-refractivity contribution in [3.8, 4) is 5.69 Å². The molecule has 33 heavy (non-hydrogen) atoms. The minimum atomic E-state index is -0.470. The number of amides is 1. The molecule has 3 heterocycles. The Kier molecular flexibility index (Phi) is 5.25. The van der Waals surface area contributed by atoms with E-state index in [1.165, 1.54) is 35.0 Å². The van der Waals surface area contributed by atoms with E-state index in [9.17, 15) is 18.8 Å². The van der Waals surface area contributed by atoms with E-state index < -0.39 is 5.69 Å². The molecule has 0 spiro atoms. The van der Waals surface area contributed by atoms with Gasteiger partial charge in [-0.05, 0) is 48.7 Å². The molecule has 0 saturated heterocycles. The first-order chi connectivity index (χ1) is 15.8. The maximum atomic E-state index is 13.9. The van der Waals surface area contributed by atoms with Crippen molar-refractivity contribution in [3.63, 3.8) is 0 Å². The lowest BCUT2D eigenvalue weighted by Gasteiger charge is -2.25. The van der Waals surface area contributed by atoms with E-state index in [1.54, 1.807) is 33.7 Å². The fourth-order valence-corrected chi connectivity index (χ4v) is 5.70. The lowest BCUT2D eigenvalue weighted by molar-refractivity contribution is -0.129. The number of rotatable bonds is 3. The number of benzene rings is 2. The van der Waals surface area contributed by atoms with E-state index in [2.05, 4.69) is 0 Å². The molecule has 0 fully saturated rings. The summed E-state index contributed by atoms with van der Waals surface area (Å²) in [5.41, 5.74) is 2.21.